The molecule has 3 N–H and O–H groups in total. The maximum atomic E-state index is 9.91. The molecule has 0 heterocycles. The third kappa shape index (κ3) is 6.40. The Morgan fingerprint density at radius 3 is 2.27 bits per heavy atom. The first-order chi connectivity index (χ1) is 6.89. The Hall–Kier alpha value is 0.230. The number of nitrogens with one attached hydrogen (secondary N) is 1. The highest BCUT2D eigenvalue weighted by Crippen LogP contribution is 2.18. The molecule has 0 aromatic carbocycles. The fraction of sp³-hybridized carbons (Fsp3) is 1.00. The molecule has 0 aromatic rings. The zero-order valence-corrected chi connectivity index (χ0v) is 11.2. The van der Waals surface area contributed by atoms with Crippen LogP contribution in [-0.2, 0) is 0 Å². The van der Waals surface area contributed by atoms with Crippen LogP contribution in [0.4, 0.5) is 0 Å². The van der Waals surface area contributed by atoms with Crippen molar-refractivity contribution >= 4 is 11.8 Å². The topological polar surface area (TPSA) is 52.5 Å². The monoisotopic (exact) mass is 235 g/mol. The Labute approximate surface area is 97.7 Å². The van der Waals surface area contributed by atoms with Crippen molar-refractivity contribution in [3.8, 4) is 0 Å². The third-order valence-corrected chi connectivity index (χ3v) is 3.66. The zero-order valence-electron chi connectivity index (χ0n) is 10.3. The highest BCUT2D eigenvalue weighted by atomic mass is 32.2. The largest absolute Gasteiger partial charge is 0.396 e. The maximum Gasteiger partial charge on any atom is 0.0833 e. The van der Waals surface area contributed by atoms with Gasteiger partial charge in [0.1, 0.15) is 0 Å². The van der Waals surface area contributed by atoms with Gasteiger partial charge >= 0.3 is 0 Å². The summed E-state index contributed by atoms with van der Waals surface area (Å²) in [5, 5.41) is 22.4. The molecule has 92 valence electrons. The summed E-state index contributed by atoms with van der Waals surface area (Å²) in [6, 6.07) is 0. The maximum absolute atomic E-state index is 9.91. The lowest BCUT2D eigenvalue weighted by molar-refractivity contribution is 0.0741. The quantitative estimate of drug-likeness (QED) is 0.590. The number of thioether (sulfide) groups is 1. The van der Waals surface area contributed by atoms with Gasteiger partial charge in [0.25, 0.3) is 0 Å². The van der Waals surface area contributed by atoms with Gasteiger partial charge in [-0.3, -0.25) is 0 Å². The Morgan fingerprint density at radius 1 is 1.27 bits per heavy atom. The van der Waals surface area contributed by atoms with Crippen LogP contribution in [0.1, 0.15) is 27.2 Å². The number of hydrogen-bond donors (Lipinski definition) is 3. The standard InChI is InChI=1S/C11H25NO2S/c1-5-10(2,8-13)6-12-7-11(3,14)9-15-4/h12-14H,5-9H2,1-4H3. The molecule has 0 bridgehead atoms. The van der Waals surface area contributed by atoms with E-state index in [9.17, 15) is 10.2 Å². The summed E-state index contributed by atoms with van der Waals surface area (Å²) in [5.41, 5.74) is -0.737. The zero-order chi connectivity index (χ0) is 11.9. The molecule has 2 unspecified atom stereocenters. The van der Waals surface area contributed by atoms with Crippen molar-refractivity contribution in [1.29, 1.82) is 0 Å². The van der Waals surface area contributed by atoms with Gasteiger partial charge in [-0.25, -0.2) is 0 Å². The molecule has 0 aliphatic heterocycles. The van der Waals surface area contributed by atoms with E-state index < -0.39 is 5.60 Å². The van der Waals surface area contributed by atoms with Crippen LogP contribution >= 0.6 is 11.8 Å². The van der Waals surface area contributed by atoms with Crippen molar-refractivity contribution in [3.05, 3.63) is 0 Å². The van der Waals surface area contributed by atoms with Crippen molar-refractivity contribution in [2.45, 2.75) is 32.8 Å². The van der Waals surface area contributed by atoms with Gasteiger partial charge in [0.05, 0.1) is 5.60 Å². The molecule has 0 aliphatic rings. The number of rotatable bonds is 8. The summed E-state index contributed by atoms with van der Waals surface area (Å²) in [5.74, 6) is 0.724. The van der Waals surface area contributed by atoms with Gasteiger partial charge in [0, 0.05) is 30.9 Å². The lowest BCUT2D eigenvalue weighted by atomic mass is 9.88. The average Bonchev–Trinajstić information content (AvgIpc) is 2.17. The summed E-state index contributed by atoms with van der Waals surface area (Å²) >= 11 is 1.64. The van der Waals surface area contributed by atoms with Crippen LogP contribution in [0.3, 0.4) is 0 Å². The van der Waals surface area contributed by atoms with Gasteiger partial charge < -0.3 is 15.5 Å². The average molecular weight is 235 g/mol. The Morgan fingerprint density at radius 2 is 1.87 bits per heavy atom. The first-order valence-electron chi connectivity index (χ1n) is 5.42. The SMILES string of the molecule is CCC(C)(CO)CNCC(C)(O)CSC. The fourth-order valence-electron chi connectivity index (χ4n) is 1.29. The molecule has 0 radical (unpaired) electrons. The van der Waals surface area contributed by atoms with Crippen LogP contribution in [0.15, 0.2) is 0 Å². The molecule has 0 spiro atoms. The van der Waals surface area contributed by atoms with Crippen molar-refractivity contribution in [2.75, 3.05) is 31.7 Å². The number of aliphatic hydroxyl groups is 2. The van der Waals surface area contributed by atoms with Gasteiger partial charge in [-0.1, -0.05) is 13.8 Å². The van der Waals surface area contributed by atoms with E-state index in [2.05, 4.69) is 12.2 Å². The Bertz CT molecular complexity index is 170. The molecule has 2 atom stereocenters. The molecule has 0 saturated heterocycles. The van der Waals surface area contributed by atoms with Gasteiger partial charge in [-0.15, -0.1) is 0 Å². The minimum absolute atomic E-state index is 0.0740. The predicted molar refractivity (Wildman–Crippen MR) is 67.4 cm³/mol. The molecule has 0 aliphatic carbocycles. The highest BCUT2D eigenvalue weighted by Gasteiger charge is 2.23. The molecule has 0 rings (SSSR count). The summed E-state index contributed by atoms with van der Waals surface area (Å²) in [7, 11) is 0. The first-order valence-corrected chi connectivity index (χ1v) is 6.81. The second-order valence-electron chi connectivity index (χ2n) is 4.86. The molecule has 3 nitrogen and oxygen atoms in total. The van der Waals surface area contributed by atoms with Crippen molar-refractivity contribution in [2.24, 2.45) is 5.41 Å². The summed E-state index contributed by atoms with van der Waals surface area (Å²) in [4.78, 5) is 0. The molecular weight excluding hydrogens is 210 g/mol. The highest BCUT2D eigenvalue weighted by molar-refractivity contribution is 7.98. The number of aliphatic hydroxyl groups excluding tert-OH is 1. The molecule has 0 saturated carbocycles. The van der Waals surface area contributed by atoms with Crippen LogP contribution in [0, 0.1) is 5.41 Å². The fourth-order valence-corrected chi connectivity index (χ4v) is 2.01. The van der Waals surface area contributed by atoms with Crippen LogP contribution < -0.4 is 5.32 Å². The first kappa shape index (κ1) is 15.2. The molecule has 4 heteroatoms. The number of hydrogen-bond acceptors (Lipinski definition) is 4. The Kier molecular flexibility index (Phi) is 6.84. The second-order valence-corrected chi connectivity index (χ2v) is 5.72. The van der Waals surface area contributed by atoms with E-state index in [0.717, 1.165) is 18.7 Å². The summed E-state index contributed by atoms with van der Waals surface area (Å²) in [6.45, 7) is 7.44. The molecule has 0 aromatic heterocycles. The second kappa shape index (κ2) is 6.74. The van der Waals surface area contributed by atoms with Gasteiger partial charge in [0.15, 0.2) is 0 Å². The van der Waals surface area contributed by atoms with E-state index in [-0.39, 0.29) is 12.0 Å². The third-order valence-electron chi connectivity index (χ3n) is 2.75. The lowest BCUT2D eigenvalue weighted by Gasteiger charge is -2.29. The van der Waals surface area contributed by atoms with Crippen LogP contribution in [0.25, 0.3) is 0 Å². The molecule has 0 fully saturated rings. The summed E-state index contributed by atoms with van der Waals surface area (Å²) in [6.07, 6.45) is 2.92. The molecule has 15 heavy (non-hydrogen) atoms. The van der Waals surface area contributed by atoms with Crippen molar-refractivity contribution in [3.63, 3.8) is 0 Å². The lowest BCUT2D eigenvalue weighted by Crippen LogP contribution is -2.44. The minimum Gasteiger partial charge on any atom is -0.396 e. The molecule has 0 amide bonds. The van der Waals surface area contributed by atoms with Crippen LogP contribution in [0.5, 0.6) is 0 Å². The van der Waals surface area contributed by atoms with Gasteiger partial charge in [-0.2, -0.15) is 11.8 Å². The van der Waals surface area contributed by atoms with E-state index in [0.29, 0.717) is 6.54 Å². The molecular formula is C11H25NO2S. The van der Waals surface area contributed by atoms with E-state index in [4.69, 9.17) is 0 Å². The smallest absolute Gasteiger partial charge is 0.0833 e. The van der Waals surface area contributed by atoms with E-state index in [1.54, 1.807) is 11.8 Å². The van der Waals surface area contributed by atoms with Crippen LogP contribution in [0.2, 0.25) is 0 Å². The van der Waals surface area contributed by atoms with E-state index in [1.807, 2.05) is 20.1 Å². The van der Waals surface area contributed by atoms with Crippen LogP contribution in [-0.4, -0.2) is 47.5 Å². The van der Waals surface area contributed by atoms with E-state index >= 15 is 0 Å². The Balaban J connectivity index is 3.87. The van der Waals surface area contributed by atoms with Gasteiger partial charge in [0.2, 0.25) is 0 Å². The van der Waals surface area contributed by atoms with E-state index in [1.165, 1.54) is 0 Å². The minimum atomic E-state index is -0.663. The van der Waals surface area contributed by atoms with Gasteiger partial charge in [-0.05, 0) is 19.6 Å². The van der Waals surface area contributed by atoms with Crippen molar-refractivity contribution < 1.29 is 10.2 Å². The normalized spacial score (nSPS) is 19.6. The summed E-state index contributed by atoms with van der Waals surface area (Å²) < 4.78 is 0. The predicted octanol–water partition coefficient (Wildman–Crippen LogP) is 1.10. The van der Waals surface area contributed by atoms with Crippen molar-refractivity contribution in [1.82, 2.24) is 5.32 Å².